The van der Waals surface area contributed by atoms with Crippen LogP contribution in [0, 0.1) is 5.95 Å². The fraction of sp³-hybridized carbons (Fsp3) is 0.417. The fourth-order valence-electron chi connectivity index (χ4n) is 1.99. The number of hydrogen-bond acceptors (Lipinski definition) is 2. The van der Waals surface area contributed by atoms with E-state index >= 15 is 0 Å². The zero-order valence-corrected chi connectivity index (χ0v) is 8.70. The van der Waals surface area contributed by atoms with E-state index in [1.165, 1.54) is 6.20 Å². The first-order valence-electron chi connectivity index (χ1n) is 5.13. The Labute approximate surface area is 88.5 Å². The Bertz CT molecular complexity index is 398. The van der Waals surface area contributed by atoms with Gasteiger partial charge in [0.25, 0.3) is 0 Å². The summed E-state index contributed by atoms with van der Waals surface area (Å²) in [7, 11) is 0. The highest BCUT2D eigenvalue weighted by Crippen LogP contribution is 2.32. The molecular weight excluding hydrogens is 193 g/mol. The van der Waals surface area contributed by atoms with Gasteiger partial charge in [-0.2, -0.15) is 4.39 Å². The Morgan fingerprint density at radius 2 is 2.33 bits per heavy atom. The van der Waals surface area contributed by atoms with Gasteiger partial charge in [-0.3, -0.25) is 0 Å². The third-order valence-electron chi connectivity index (χ3n) is 2.72. The summed E-state index contributed by atoms with van der Waals surface area (Å²) in [6.07, 6.45) is 5.60. The number of halogens is 1. The molecule has 0 amide bonds. The van der Waals surface area contributed by atoms with Crippen LogP contribution in [-0.4, -0.2) is 15.7 Å². The molecule has 0 aliphatic heterocycles. The second-order valence-corrected chi connectivity index (χ2v) is 4.22. The molecular formula is C12H14FNO. The van der Waals surface area contributed by atoms with Gasteiger partial charge >= 0.3 is 0 Å². The fourth-order valence-corrected chi connectivity index (χ4v) is 1.99. The van der Waals surface area contributed by atoms with Crippen molar-refractivity contribution < 1.29 is 9.50 Å². The van der Waals surface area contributed by atoms with Crippen LogP contribution in [0.5, 0.6) is 0 Å². The van der Waals surface area contributed by atoms with E-state index < -0.39 is 11.5 Å². The minimum absolute atomic E-state index is 0.457. The lowest BCUT2D eigenvalue weighted by Crippen LogP contribution is -2.24. The average Bonchev–Trinajstić information content (AvgIpc) is 2.17. The Morgan fingerprint density at radius 1 is 1.53 bits per heavy atom. The van der Waals surface area contributed by atoms with Crippen LogP contribution in [0.3, 0.4) is 0 Å². The number of rotatable bonds is 1. The van der Waals surface area contributed by atoms with Crippen LogP contribution in [0.25, 0.3) is 5.57 Å². The Balaban J connectivity index is 2.40. The van der Waals surface area contributed by atoms with Crippen LogP contribution in [-0.2, 0) is 0 Å². The number of nitrogens with zero attached hydrogens (tertiary/aromatic N) is 1. The van der Waals surface area contributed by atoms with Gasteiger partial charge in [-0.1, -0.05) is 0 Å². The monoisotopic (exact) mass is 207 g/mol. The summed E-state index contributed by atoms with van der Waals surface area (Å²) in [5.74, 6) is -0.457. The van der Waals surface area contributed by atoms with Gasteiger partial charge in [-0.25, -0.2) is 4.98 Å². The standard InChI is InChI=1S/C12H14FNO/c1-12(15)6-2-4-9(8-12)10-5-3-7-14-11(10)13/h3,5,7-8,15H,2,4,6H2,1H3/t12-/m0/s1. The minimum Gasteiger partial charge on any atom is -0.386 e. The number of aromatic nitrogens is 1. The van der Waals surface area contributed by atoms with Crippen LogP contribution < -0.4 is 0 Å². The van der Waals surface area contributed by atoms with E-state index in [9.17, 15) is 9.50 Å². The summed E-state index contributed by atoms with van der Waals surface area (Å²) >= 11 is 0. The molecule has 2 nitrogen and oxygen atoms in total. The molecule has 1 heterocycles. The summed E-state index contributed by atoms with van der Waals surface area (Å²) < 4.78 is 13.4. The van der Waals surface area contributed by atoms with Gasteiger partial charge in [0.15, 0.2) is 0 Å². The number of aliphatic hydroxyl groups is 1. The summed E-state index contributed by atoms with van der Waals surface area (Å²) in [6, 6.07) is 3.41. The Hall–Kier alpha value is -1.22. The molecule has 2 rings (SSSR count). The van der Waals surface area contributed by atoms with Crippen molar-refractivity contribution in [1.29, 1.82) is 0 Å². The molecule has 0 saturated heterocycles. The molecule has 1 aromatic heterocycles. The molecule has 1 aromatic rings. The van der Waals surface area contributed by atoms with E-state index in [1.807, 2.05) is 0 Å². The molecule has 80 valence electrons. The van der Waals surface area contributed by atoms with Gasteiger partial charge in [0.2, 0.25) is 5.95 Å². The molecule has 3 heteroatoms. The van der Waals surface area contributed by atoms with Crippen molar-refractivity contribution in [2.75, 3.05) is 0 Å². The van der Waals surface area contributed by atoms with Crippen molar-refractivity contribution in [3.8, 4) is 0 Å². The van der Waals surface area contributed by atoms with E-state index in [0.29, 0.717) is 5.56 Å². The van der Waals surface area contributed by atoms with Gasteiger partial charge in [0.05, 0.1) is 5.60 Å². The second kappa shape index (κ2) is 3.74. The number of allylic oxidation sites excluding steroid dienone is 1. The average molecular weight is 207 g/mol. The predicted molar refractivity (Wildman–Crippen MR) is 56.6 cm³/mol. The first kappa shape index (κ1) is 10.3. The van der Waals surface area contributed by atoms with Crippen molar-refractivity contribution in [2.24, 2.45) is 0 Å². The molecule has 15 heavy (non-hydrogen) atoms. The maximum absolute atomic E-state index is 13.4. The van der Waals surface area contributed by atoms with E-state index in [4.69, 9.17) is 0 Å². The molecule has 0 fully saturated rings. The van der Waals surface area contributed by atoms with Crippen LogP contribution in [0.4, 0.5) is 4.39 Å². The van der Waals surface area contributed by atoms with Gasteiger partial charge in [0, 0.05) is 11.8 Å². The summed E-state index contributed by atoms with van der Waals surface area (Å²) in [6.45, 7) is 1.75. The van der Waals surface area contributed by atoms with Crippen LogP contribution in [0.2, 0.25) is 0 Å². The van der Waals surface area contributed by atoms with Crippen molar-refractivity contribution in [3.63, 3.8) is 0 Å². The highest BCUT2D eigenvalue weighted by atomic mass is 19.1. The molecule has 1 aliphatic carbocycles. The van der Waals surface area contributed by atoms with Gasteiger partial charge in [0.1, 0.15) is 0 Å². The first-order valence-corrected chi connectivity index (χ1v) is 5.13. The lowest BCUT2D eigenvalue weighted by atomic mass is 9.85. The highest BCUT2D eigenvalue weighted by molar-refractivity contribution is 5.67. The molecule has 1 N–H and O–H groups in total. The summed E-state index contributed by atoms with van der Waals surface area (Å²) in [5.41, 5.74) is 0.560. The smallest absolute Gasteiger partial charge is 0.220 e. The third kappa shape index (κ3) is 2.23. The van der Waals surface area contributed by atoms with E-state index in [1.54, 1.807) is 25.1 Å². The molecule has 0 aromatic carbocycles. The van der Waals surface area contributed by atoms with Crippen molar-refractivity contribution >= 4 is 5.57 Å². The van der Waals surface area contributed by atoms with Crippen LogP contribution >= 0.6 is 0 Å². The van der Waals surface area contributed by atoms with Crippen molar-refractivity contribution in [1.82, 2.24) is 4.98 Å². The normalized spacial score (nSPS) is 26.2. The largest absolute Gasteiger partial charge is 0.386 e. The Kier molecular flexibility index (Phi) is 2.57. The molecule has 1 atom stereocenters. The zero-order chi connectivity index (χ0) is 10.9. The Morgan fingerprint density at radius 3 is 3.00 bits per heavy atom. The van der Waals surface area contributed by atoms with Crippen LogP contribution in [0.15, 0.2) is 24.4 Å². The lowest BCUT2D eigenvalue weighted by molar-refractivity contribution is 0.0962. The second-order valence-electron chi connectivity index (χ2n) is 4.22. The molecule has 0 saturated carbocycles. The van der Waals surface area contributed by atoms with Crippen molar-refractivity contribution in [3.05, 3.63) is 35.9 Å². The predicted octanol–water partition coefficient (Wildman–Crippen LogP) is 2.54. The summed E-state index contributed by atoms with van der Waals surface area (Å²) in [4.78, 5) is 3.61. The van der Waals surface area contributed by atoms with E-state index in [2.05, 4.69) is 4.98 Å². The number of pyridine rings is 1. The zero-order valence-electron chi connectivity index (χ0n) is 8.70. The molecule has 0 unspecified atom stereocenters. The topological polar surface area (TPSA) is 33.1 Å². The molecule has 0 spiro atoms. The van der Waals surface area contributed by atoms with Crippen LogP contribution in [0.1, 0.15) is 31.7 Å². The number of hydrogen-bond donors (Lipinski definition) is 1. The van der Waals surface area contributed by atoms with Gasteiger partial charge in [-0.05, 0) is 50.0 Å². The van der Waals surface area contributed by atoms with Crippen molar-refractivity contribution in [2.45, 2.75) is 31.8 Å². The maximum atomic E-state index is 13.4. The highest BCUT2D eigenvalue weighted by Gasteiger charge is 2.24. The third-order valence-corrected chi connectivity index (χ3v) is 2.72. The van der Waals surface area contributed by atoms with E-state index in [0.717, 1.165) is 24.8 Å². The van der Waals surface area contributed by atoms with Gasteiger partial charge in [-0.15, -0.1) is 0 Å². The molecule has 1 aliphatic rings. The minimum atomic E-state index is -0.810. The molecule has 0 radical (unpaired) electrons. The quantitative estimate of drug-likeness (QED) is 0.718. The van der Waals surface area contributed by atoms with E-state index in [-0.39, 0.29) is 0 Å². The summed E-state index contributed by atoms with van der Waals surface area (Å²) in [5, 5.41) is 9.88. The SMILES string of the molecule is C[C@@]1(O)C=C(c2cccnc2F)CCC1. The lowest BCUT2D eigenvalue weighted by Gasteiger charge is -2.26. The maximum Gasteiger partial charge on any atom is 0.220 e. The van der Waals surface area contributed by atoms with Gasteiger partial charge < -0.3 is 5.11 Å². The first-order chi connectivity index (χ1) is 7.08. The molecule has 0 bridgehead atoms.